The molecule has 1 aromatic heterocycles. The van der Waals surface area contributed by atoms with Crippen LogP contribution < -0.4 is 4.74 Å². The second-order valence-corrected chi connectivity index (χ2v) is 3.79. The summed E-state index contributed by atoms with van der Waals surface area (Å²) < 4.78 is 7.13. The van der Waals surface area contributed by atoms with Crippen LogP contribution in [-0.4, -0.2) is 16.9 Å². The van der Waals surface area contributed by atoms with Gasteiger partial charge in [-0.25, -0.2) is 0 Å². The van der Waals surface area contributed by atoms with Crippen molar-refractivity contribution < 1.29 is 4.74 Å². The van der Waals surface area contributed by atoms with Crippen molar-refractivity contribution in [2.24, 2.45) is 0 Å². The Morgan fingerprint density at radius 2 is 2.12 bits per heavy atom. The topological polar surface area (TPSA) is 27.1 Å². The molecule has 3 nitrogen and oxygen atoms in total. The molecule has 2 rings (SSSR count). The maximum Gasteiger partial charge on any atom is 0.164 e. The molecule has 84 valence electrons. The molecule has 1 heterocycles. The highest BCUT2D eigenvalue weighted by molar-refractivity contribution is 6.33. The van der Waals surface area contributed by atoms with E-state index in [1.165, 1.54) is 0 Å². The van der Waals surface area contributed by atoms with Crippen molar-refractivity contribution in [2.75, 3.05) is 7.11 Å². The molecule has 0 saturated carbocycles. The van der Waals surface area contributed by atoms with Gasteiger partial charge < -0.3 is 4.74 Å². The summed E-state index contributed by atoms with van der Waals surface area (Å²) in [7, 11) is 1.64. The number of nitrogens with zero attached hydrogens (tertiary/aromatic N) is 2. The summed E-state index contributed by atoms with van der Waals surface area (Å²) >= 11 is 6.14. The number of ether oxygens (including phenoxy) is 1. The van der Waals surface area contributed by atoms with Gasteiger partial charge in [0.25, 0.3) is 0 Å². The molecule has 16 heavy (non-hydrogen) atoms. The van der Waals surface area contributed by atoms with Crippen LogP contribution in [0.5, 0.6) is 5.75 Å². The quantitative estimate of drug-likeness (QED) is 0.818. The van der Waals surface area contributed by atoms with Crippen molar-refractivity contribution in [1.82, 2.24) is 9.78 Å². The van der Waals surface area contributed by atoms with Gasteiger partial charge in [0.1, 0.15) is 5.69 Å². The van der Waals surface area contributed by atoms with Gasteiger partial charge >= 0.3 is 0 Å². The first-order valence-corrected chi connectivity index (χ1v) is 5.50. The lowest BCUT2D eigenvalue weighted by atomic mass is 10.1. The molecule has 0 amide bonds. The number of benzene rings is 1. The normalized spacial score (nSPS) is 10.4. The van der Waals surface area contributed by atoms with E-state index in [2.05, 4.69) is 5.10 Å². The van der Waals surface area contributed by atoms with Gasteiger partial charge in [-0.2, -0.15) is 5.10 Å². The molecule has 2 aromatic rings. The molecule has 0 radical (unpaired) electrons. The fourth-order valence-corrected chi connectivity index (χ4v) is 1.78. The van der Waals surface area contributed by atoms with Crippen LogP contribution >= 0.6 is 11.6 Å². The maximum absolute atomic E-state index is 6.14. The van der Waals surface area contributed by atoms with Gasteiger partial charge in [0.05, 0.1) is 18.3 Å². The van der Waals surface area contributed by atoms with Gasteiger partial charge in [-0.1, -0.05) is 29.8 Å². The summed E-state index contributed by atoms with van der Waals surface area (Å²) in [6.45, 7) is 2.84. The van der Waals surface area contributed by atoms with Gasteiger partial charge in [0.2, 0.25) is 0 Å². The first kappa shape index (κ1) is 11.0. The monoisotopic (exact) mass is 236 g/mol. The molecule has 0 bridgehead atoms. The molecule has 0 aliphatic rings. The first-order chi connectivity index (χ1) is 7.76. The second-order valence-electron chi connectivity index (χ2n) is 3.38. The van der Waals surface area contributed by atoms with Crippen molar-refractivity contribution in [2.45, 2.75) is 13.5 Å². The van der Waals surface area contributed by atoms with E-state index in [0.717, 1.165) is 23.6 Å². The van der Waals surface area contributed by atoms with Crippen molar-refractivity contribution >= 4 is 11.6 Å². The molecule has 1 aromatic carbocycles. The zero-order chi connectivity index (χ0) is 11.5. The Labute approximate surface area is 99.6 Å². The minimum atomic E-state index is 0.683. The zero-order valence-corrected chi connectivity index (χ0v) is 10.0. The number of halogens is 1. The largest absolute Gasteiger partial charge is 0.493 e. The Bertz CT molecular complexity index is 494. The summed E-state index contributed by atoms with van der Waals surface area (Å²) in [6.07, 6.45) is 1.87. The van der Waals surface area contributed by atoms with Crippen LogP contribution in [0.3, 0.4) is 0 Å². The van der Waals surface area contributed by atoms with E-state index in [4.69, 9.17) is 16.3 Å². The maximum atomic E-state index is 6.14. The van der Waals surface area contributed by atoms with E-state index in [1.807, 2.05) is 42.1 Å². The minimum absolute atomic E-state index is 0.683. The second kappa shape index (κ2) is 4.58. The van der Waals surface area contributed by atoms with Gasteiger partial charge in [-0.3, -0.25) is 4.68 Å². The van der Waals surface area contributed by atoms with E-state index in [-0.39, 0.29) is 0 Å². The van der Waals surface area contributed by atoms with Gasteiger partial charge in [0.15, 0.2) is 5.75 Å². The molecular formula is C12H13ClN2O. The van der Waals surface area contributed by atoms with Gasteiger partial charge in [0, 0.05) is 12.1 Å². The predicted octanol–water partition coefficient (Wildman–Crippen LogP) is 3.23. The Morgan fingerprint density at radius 1 is 1.38 bits per heavy atom. The van der Waals surface area contributed by atoms with Crippen molar-refractivity contribution in [3.8, 4) is 17.0 Å². The van der Waals surface area contributed by atoms with Crippen molar-refractivity contribution in [3.05, 3.63) is 35.5 Å². The number of methoxy groups -OCH3 is 1. The van der Waals surface area contributed by atoms with Crippen molar-refractivity contribution in [3.63, 3.8) is 0 Å². The molecule has 0 atom stereocenters. The van der Waals surface area contributed by atoms with E-state index in [1.54, 1.807) is 7.11 Å². The molecular weight excluding hydrogens is 224 g/mol. The summed E-state index contributed by atoms with van der Waals surface area (Å²) in [6, 6.07) is 7.62. The number of hydrogen-bond acceptors (Lipinski definition) is 2. The third-order valence-electron chi connectivity index (χ3n) is 2.40. The highest BCUT2D eigenvalue weighted by atomic mass is 35.5. The van der Waals surface area contributed by atoms with Gasteiger partial charge in [-0.15, -0.1) is 0 Å². The molecule has 0 spiro atoms. The lowest BCUT2D eigenvalue weighted by Crippen LogP contribution is -1.93. The van der Waals surface area contributed by atoms with Crippen LogP contribution in [0.1, 0.15) is 6.92 Å². The molecule has 0 aliphatic carbocycles. The molecule has 0 N–H and O–H groups in total. The standard InChI is InChI=1S/C12H13ClN2O/c1-3-15-8-11(16-2)12(14-15)9-6-4-5-7-10(9)13/h4-8H,3H2,1-2H3. The van der Waals surface area contributed by atoms with Crippen LogP contribution in [-0.2, 0) is 6.54 Å². The van der Waals surface area contributed by atoms with Crippen LogP contribution in [0, 0.1) is 0 Å². The third kappa shape index (κ3) is 1.91. The van der Waals surface area contributed by atoms with E-state index in [0.29, 0.717) is 5.02 Å². The van der Waals surface area contributed by atoms with Crippen LogP contribution in [0.2, 0.25) is 5.02 Å². The third-order valence-corrected chi connectivity index (χ3v) is 2.73. The minimum Gasteiger partial charge on any atom is -0.493 e. The van der Waals surface area contributed by atoms with Crippen molar-refractivity contribution in [1.29, 1.82) is 0 Å². The molecule has 0 aliphatic heterocycles. The number of aromatic nitrogens is 2. The summed E-state index contributed by atoms with van der Waals surface area (Å²) in [5.41, 5.74) is 1.68. The van der Waals surface area contributed by atoms with E-state index < -0.39 is 0 Å². The molecule has 0 fully saturated rings. The lowest BCUT2D eigenvalue weighted by molar-refractivity contribution is 0.415. The molecule has 4 heteroatoms. The fourth-order valence-electron chi connectivity index (χ4n) is 1.55. The fraction of sp³-hybridized carbons (Fsp3) is 0.250. The zero-order valence-electron chi connectivity index (χ0n) is 9.27. The highest BCUT2D eigenvalue weighted by Gasteiger charge is 2.13. The van der Waals surface area contributed by atoms with Crippen LogP contribution in [0.15, 0.2) is 30.5 Å². The Kier molecular flexibility index (Phi) is 3.15. The summed E-state index contributed by atoms with van der Waals surface area (Å²) in [4.78, 5) is 0. The van der Waals surface area contributed by atoms with E-state index >= 15 is 0 Å². The Hall–Kier alpha value is -1.48. The average molecular weight is 237 g/mol. The number of hydrogen-bond donors (Lipinski definition) is 0. The van der Waals surface area contributed by atoms with Gasteiger partial charge in [-0.05, 0) is 13.0 Å². The smallest absolute Gasteiger partial charge is 0.164 e. The van der Waals surface area contributed by atoms with Crippen LogP contribution in [0.25, 0.3) is 11.3 Å². The SMILES string of the molecule is CCn1cc(OC)c(-c2ccccc2Cl)n1. The predicted molar refractivity (Wildman–Crippen MR) is 64.9 cm³/mol. The number of aryl methyl sites for hydroxylation is 1. The first-order valence-electron chi connectivity index (χ1n) is 5.12. The molecule has 0 unspecified atom stereocenters. The summed E-state index contributed by atoms with van der Waals surface area (Å²) in [5, 5.41) is 5.12. The summed E-state index contributed by atoms with van der Waals surface area (Å²) in [5.74, 6) is 0.745. The Morgan fingerprint density at radius 3 is 2.75 bits per heavy atom. The molecule has 0 saturated heterocycles. The average Bonchev–Trinajstić information content (AvgIpc) is 2.72. The van der Waals surface area contributed by atoms with Crippen LogP contribution in [0.4, 0.5) is 0 Å². The van der Waals surface area contributed by atoms with E-state index in [9.17, 15) is 0 Å². The lowest BCUT2D eigenvalue weighted by Gasteiger charge is -2.02. The Balaban J connectivity index is 2.54. The highest BCUT2D eigenvalue weighted by Crippen LogP contribution is 2.33. The number of rotatable bonds is 3.